The van der Waals surface area contributed by atoms with Crippen molar-refractivity contribution in [3.05, 3.63) is 29.8 Å². The zero-order valence-corrected chi connectivity index (χ0v) is 15.5. The van der Waals surface area contributed by atoms with Gasteiger partial charge in [0.2, 0.25) is 5.91 Å². The molecule has 0 radical (unpaired) electrons. The molecule has 1 N–H and O–H groups in total. The van der Waals surface area contributed by atoms with Gasteiger partial charge in [-0.3, -0.25) is 4.79 Å². The van der Waals surface area contributed by atoms with Crippen molar-refractivity contribution >= 4 is 5.91 Å². The van der Waals surface area contributed by atoms with E-state index in [1.54, 1.807) is 7.11 Å². The van der Waals surface area contributed by atoms with Crippen molar-refractivity contribution in [3.63, 3.8) is 0 Å². The van der Waals surface area contributed by atoms with E-state index in [0.717, 1.165) is 30.8 Å². The fraction of sp³-hybridized carbons (Fsp3) is 0.632. The zero-order valence-electron chi connectivity index (χ0n) is 15.5. The van der Waals surface area contributed by atoms with Crippen LogP contribution in [0.1, 0.15) is 26.3 Å². The number of carbonyl (C=O) groups is 1. The molecule has 0 aromatic heterocycles. The number of carbonyl (C=O) groups excluding carboxylic acids is 1. The molecule has 1 aliphatic rings. The van der Waals surface area contributed by atoms with Crippen LogP contribution in [0.2, 0.25) is 0 Å². The molecule has 1 saturated heterocycles. The minimum atomic E-state index is -0.611. The standard InChI is InChI=1S/C19H30N2O3/c1-6-14-9-7-8-10-16(14)24-13-19(2,3)18(22)20-15-11-21(4)12-17(15)23-5/h7-10,15,17H,6,11-13H2,1-5H3,(H,20,22)/t15-,17-/m1/s1. The Morgan fingerprint density at radius 3 is 2.71 bits per heavy atom. The molecular formula is C19H30N2O3. The summed E-state index contributed by atoms with van der Waals surface area (Å²) < 4.78 is 11.4. The van der Waals surface area contributed by atoms with E-state index >= 15 is 0 Å². The second kappa shape index (κ2) is 7.99. The maximum Gasteiger partial charge on any atom is 0.229 e. The van der Waals surface area contributed by atoms with Crippen LogP contribution in [-0.2, 0) is 16.0 Å². The lowest BCUT2D eigenvalue weighted by Gasteiger charge is -2.28. The number of amides is 1. The van der Waals surface area contributed by atoms with Crippen LogP contribution in [0.5, 0.6) is 5.75 Å². The first-order valence-corrected chi connectivity index (χ1v) is 8.60. The SMILES string of the molecule is CCc1ccccc1OCC(C)(C)C(=O)N[C@@H]1CN(C)C[C@H]1OC. The van der Waals surface area contributed by atoms with Gasteiger partial charge >= 0.3 is 0 Å². The molecular weight excluding hydrogens is 304 g/mol. The Morgan fingerprint density at radius 2 is 2.04 bits per heavy atom. The molecule has 24 heavy (non-hydrogen) atoms. The molecule has 2 atom stereocenters. The first kappa shape index (κ1) is 18.7. The molecule has 1 amide bonds. The molecule has 2 rings (SSSR count). The highest BCUT2D eigenvalue weighted by atomic mass is 16.5. The van der Waals surface area contributed by atoms with Gasteiger partial charge in [0.15, 0.2) is 0 Å². The zero-order chi connectivity index (χ0) is 17.7. The van der Waals surface area contributed by atoms with Crippen molar-refractivity contribution in [2.45, 2.75) is 39.3 Å². The molecule has 1 aromatic rings. The van der Waals surface area contributed by atoms with Crippen molar-refractivity contribution in [2.24, 2.45) is 5.41 Å². The molecule has 0 spiro atoms. The molecule has 5 heteroatoms. The van der Waals surface area contributed by atoms with Gasteiger partial charge in [-0.2, -0.15) is 0 Å². The molecule has 1 heterocycles. The van der Waals surface area contributed by atoms with E-state index in [1.807, 2.05) is 39.1 Å². The number of nitrogens with zero attached hydrogens (tertiary/aromatic N) is 1. The van der Waals surface area contributed by atoms with E-state index in [-0.39, 0.29) is 18.1 Å². The van der Waals surface area contributed by atoms with Crippen LogP contribution in [-0.4, -0.2) is 56.8 Å². The van der Waals surface area contributed by atoms with Gasteiger partial charge < -0.3 is 19.7 Å². The van der Waals surface area contributed by atoms with E-state index in [1.165, 1.54) is 0 Å². The number of hydrogen-bond acceptors (Lipinski definition) is 4. The minimum absolute atomic E-state index is 0.00108. The van der Waals surface area contributed by atoms with Gasteiger partial charge in [-0.15, -0.1) is 0 Å². The maximum atomic E-state index is 12.7. The van der Waals surface area contributed by atoms with Crippen LogP contribution in [0.25, 0.3) is 0 Å². The van der Waals surface area contributed by atoms with Gasteiger partial charge in [-0.25, -0.2) is 0 Å². The fourth-order valence-electron chi connectivity index (χ4n) is 2.96. The lowest BCUT2D eigenvalue weighted by molar-refractivity contribution is -0.132. The first-order valence-electron chi connectivity index (χ1n) is 8.60. The second-order valence-corrected chi connectivity index (χ2v) is 7.21. The maximum absolute atomic E-state index is 12.7. The first-order chi connectivity index (χ1) is 11.4. The third kappa shape index (κ3) is 4.48. The highest BCUT2D eigenvalue weighted by Gasteiger charge is 2.36. The summed E-state index contributed by atoms with van der Waals surface area (Å²) in [7, 11) is 3.73. The number of aryl methyl sites for hydroxylation is 1. The number of hydrogen-bond donors (Lipinski definition) is 1. The lowest BCUT2D eigenvalue weighted by Crippen LogP contribution is -2.50. The number of likely N-dealkylation sites (N-methyl/N-ethyl adjacent to an activating group) is 1. The summed E-state index contributed by atoms with van der Waals surface area (Å²) in [6.45, 7) is 7.91. The molecule has 1 fully saturated rings. The van der Waals surface area contributed by atoms with Gasteiger partial charge in [0.25, 0.3) is 0 Å². The molecule has 1 aliphatic heterocycles. The predicted octanol–water partition coefficient (Wildman–Crippen LogP) is 2.10. The Morgan fingerprint density at radius 1 is 1.33 bits per heavy atom. The number of methoxy groups -OCH3 is 1. The van der Waals surface area contributed by atoms with Crippen molar-refractivity contribution in [3.8, 4) is 5.75 Å². The van der Waals surface area contributed by atoms with Crippen molar-refractivity contribution in [1.82, 2.24) is 10.2 Å². The van der Waals surface area contributed by atoms with E-state index in [2.05, 4.69) is 23.2 Å². The van der Waals surface area contributed by atoms with E-state index in [0.29, 0.717) is 6.61 Å². The van der Waals surface area contributed by atoms with Crippen molar-refractivity contribution in [2.75, 3.05) is 33.9 Å². The number of nitrogens with one attached hydrogen (secondary N) is 1. The van der Waals surface area contributed by atoms with E-state index < -0.39 is 5.41 Å². The number of benzene rings is 1. The lowest BCUT2D eigenvalue weighted by atomic mass is 9.93. The minimum Gasteiger partial charge on any atom is -0.492 e. The topological polar surface area (TPSA) is 50.8 Å². The normalized spacial score (nSPS) is 21.7. The average Bonchev–Trinajstić information content (AvgIpc) is 2.92. The van der Waals surface area contributed by atoms with Gasteiger partial charge in [-0.1, -0.05) is 25.1 Å². The highest BCUT2D eigenvalue weighted by molar-refractivity contribution is 5.82. The Bertz CT molecular complexity index is 559. The Balaban J connectivity index is 1.95. The van der Waals surface area contributed by atoms with Crippen LogP contribution in [0, 0.1) is 5.41 Å². The molecule has 134 valence electrons. The Kier molecular flexibility index (Phi) is 6.24. The van der Waals surface area contributed by atoms with Crippen LogP contribution >= 0.6 is 0 Å². The summed E-state index contributed by atoms with van der Waals surface area (Å²) in [4.78, 5) is 14.9. The third-order valence-electron chi connectivity index (χ3n) is 4.62. The third-order valence-corrected chi connectivity index (χ3v) is 4.62. The fourth-order valence-corrected chi connectivity index (χ4v) is 2.96. The molecule has 1 aromatic carbocycles. The molecule has 0 aliphatic carbocycles. The van der Waals surface area contributed by atoms with Crippen molar-refractivity contribution in [1.29, 1.82) is 0 Å². The molecule has 0 unspecified atom stereocenters. The number of rotatable bonds is 7. The van der Waals surface area contributed by atoms with Crippen LogP contribution < -0.4 is 10.1 Å². The van der Waals surface area contributed by atoms with Gasteiger partial charge in [0, 0.05) is 20.2 Å². The largest absolute Gasteiger partial charge is 0.492 e. The second-order valence-electron chi connectivity index (χ2n) is 7.21. The van der Waals surface area contributed by atoms with E-state index in [4.69, 9.17) is 9.47 Å². The average molecular weight is 334 g/mol. The van der Waals surface area contributed by atoms with Crippen molar-refractivity contribution < 1.29 is 14.3 Å². The Labute approximate surface area is 145 Å². The molecule has 0 bridgehead atoms. The summed E-state index contributed by atoms with van der Waals surface area (Å²) >= 11 is 0. The quantitative estimate of drug-likeness (QED) is 0.830. The van der Waals surface area contributed by atoms with Gasteiger partial charge in [0.1, 0.15) is 12.4 Å². The summed E-state index contributed by atoms with van der Waals surface area (Å²) in [5.41, 5.74) is 0.547. The van der Waals surface area contributed by atoms with Gasteiger partial charge in [0.05, 0.1) is 17.6 Å². The van der Waals surface area contributed by atoms with Crippen LogP contribution in [0.4, 0.5) is 0 Å². The predicted molar refractivity (Wildman–Crippen MR) is 95.3 cm³/mol. The summed E-state index contributed by atoms with van der Waals surface area (Å²) in [5.74, 6) is 0.857. The number of likely N-dealkylation sites (tertiary alicyclic amines) is 1. The van der Waals surface area contributed by atoms with Gasteiger partial charge in [-0.05, 0) is 38.9 Å². The molecule has 5 nitrogen and oxygen atoms in total. The number of para-hydroxylation sites is 1. The molecule has 0 saturated carbocycles. The summed E-state index contributed by atoms with van der Waals surface area (Å²) in [6.07, 6.45) is 0.948. The summed E-state index contributed by atoms with van der Waals surface area (Å²) in [5, 5.41) is 3.13. The summed E-state index contributed by atoms with van der Waals surface area (Å²) in [6, 6.07) is 8.00. The smallest absolute Gasteiger partial charge is 0.229 e. The Hall–Kier alpha value is -1.59. The van der Waals surface area contributed by atoms with E-state index in [9.17, 15) is 4.79 Å². The monoisotopic (exact) mass is 334 g/mol. The number of ether oxygens (including phenoxy) is 2. The highest BCUT2D eigenvalue weighted by Crippen LogP contribution is 2.23. The van der Waals surface area contributed by atoms with Crippen LogP contribution in [0.3, 0.4) is 0 Å². The van der Waals surface area contributed by atoms with Crippen LogP contribution in [0.15, 0.2) is 24.3 Å².